The van der Waals surface area contributed by atoms with Crippen molar-refractivity contribution in [3.05, 3.63) is 34.3 Å². The number of carbonyl (C=O) groups is 1. The fourth-order valence-corrected chi connectivity index (χ4v) is 1.69. The number of carbonyl (C=O) groups excluding carboxylic acids is 1. The SMILES string of the molecule is CC(C)(C)NC(=O)NCc1ccc(Cl)c(C(F)(F)F)c1. The lowest BCUT2D eigenvalue weighted by Crippen LogP contribution is -2.46. The zero-order valence-corrected chi connectivity index (χ0v) is 12.1. The second-order valence-electron chi connectivity index (χ2n) is 5.37. The number of hydrogen-bond acceptors (Lipinski definition) is 1. The summed E-state index contributed by atoms with van der Waals surface area (Å²) in [5, 5.41) is 4.78. The van der Waals surface area contributed by atoms with Crippen molar-refractivity contribution in [2.45, 2.75) is 39.0 Å². The van der Waals surface area contributed by atoms with Gasteiger partial charge in [-0.05, 0) is 38.5 Å². The minimum Gasteiger partial charge on any atom is -0.334 e. The molecule has 0 saturated heterocycles. The van der Waals surface area contributed by atoms with Crippen molar-refractivity contribution in [2.24, 2.45) is 0 Å². The quantitative estimate of drug-likeness (QED) is 0.853. The number of hydrogen-bond donors (Lipinski definition) is 2. The molecule has 0 radical (unpaired) electrons. The molecule has 3 nitrogen and oxygen atoms in total. The maximum absolute atomic E-state index is 12.7. The number of nitrogens with one attached hydrogen (secondary N) is 2. The van der Waals surface area contributed by atoms with Crippen LogP contribution in [0.2, 0.25) is 5.02 Å². The third-order valence-electron chi connectivity index (χ3n) is 2.28. The molecule has 0 heterocycles. The number of alkyl halides is 3. The summed E-state index contributed by atoms with van der Waals surface area (Å²) in [4.78, 5) is 11.5. The lowest BCUT2D eigenvalue weighted by Gasteiger charge is -2.21. The highest BCUT2D eigenvalue weighted by atomic mass is 35.5. The van der Waals surface area contributed by atoms with Crippen molar-refractivity contribution in [1.82, 2.24) is 10.6 Å². The minimum atomic E-state index is -4.51. The van der Waals surface area contributed by atoms with Crippen LogP contribution in [0.5, 0.6) is 0 Å². The van der Waals surface area contributed by atoms with Crippen molar-refractivity contribution in [1.29, 1.82) is 0 Å². The number of amides is 2. The van der Waals surface area contributed by atoms with Crippen LogP contribution in [0.25, 0.3) is 0 Å². The first-order chi connectivity index (χ1) is 8.99. The standard InChI is InChI=1S/C13H16ClF3N2O/c1-12(2,3)19-11(20)18-7-8-4-5-10(14)9(6-8)13(15,16)17/h4-6H,7H2,1-3H3,(H2,18,19,20). The topological polar surface area (TPSA) is 41.1 Å². The van der Waals surface area contributed by atoms with Crippen LogP contribution >= 0.6 is 11.6 Å². The van der Waals surface area contributed by atoms with Crippen LogP contribution in [0.3, 0.4) is 0 Å². The van der Waals surface area contributed by atoms with Gasteiger partial charge in [0.25, 0.3) is 0 Å². The molecule has 0 spiro atoms. The van der Waals surface area contributed by atoms with Gasteiger partial charge in [0, 0.05) is 12.1 Å². The summed E-state index contributed by atoms with van der Waals surface area (Å²) < 4.78 is 38.0. The van der Waals surface area contributed by atoms with Crippen LogP contribution in [0.4, 0.5) is 18.0 Å². The van der Waals surface area contributed by atoms with E-state index in [1.54, 1.807) is 20.8 Å². The largest absolute Gasteiger partial charge is 0.417 e. The van der Waals surface area contributed by atoms with Gasteiger partial charge in [-0.2, -0.15) is 13.2 Å². The first kappa shape index (κ1) is 16.6. The van der Waals surface area contributed by atoms with Crippen molar-refractivity contribution in [3.8, 4) is 0 Å². The fraction of sp³-hybridized carbons (Fsp3) is 0.462. The van der Waals surface area contributed by atoms with E-state index in [9.17, 15) is 18.0 Å². The van der Waals surface area contributed by atoms with Gasteiger partial charge in [0.15, 0.2) is 0 Å². The van der Waals surface area contributed by atoms with Crippen LogP contribution < -0.4 is 10.6 Å². The second kappa shape index (κ2) is 5.91. The molecule has 0 bridgehead atoms. The van der Waals surface area contributed by atoms with E-state index in [0.717, 1.165) is 6.07 Å². The van der Waals surface area contributed by atoms with E-state index in [-0.39, 0.29) is 11.6 Å². The number of benzene rings is 1. The maximum Gasteiger partial charge on any atom is 0.417 e. The molecule has 0 aromatic heterocycles. The Kier molecular flexibility index (Phi) is 4.91. The molecule has 1 aromatic carbocycles. The third-order valence-corrected chi connectivity index (χ3v) is 2.61. The molecule has 1 aromatic rings. The van der Waals surface area contributed by atoms with Gasteiger partial charge >= 0.3 is 12.2 Å². The Hall–Kier alpha value is -1.43. The Balaban J connectivity index is 2.73. The second-order valence-corrected chi connectivity index (χ2v) is 5.78. The Bertz CT molecular complexity index is 495. The van der Waals surface area contributed by atoms with E-state index in [4.69, 9.17) is 11.6 Å². The maximum atomic E-state index is 12.7. The van der Waals surface area contributed by atoms with Crippen molar-refractivity contribution in [3.63, 3.8) is 0 Å². The summed E-state index contributed by atoms with van der Waals surface area (Å²) in [5.74, 6) is 0. The van der Waals surface area contributed by atoms with Gasteiger partial charge in [-0.3, -0.25) is 0 Å². The fourth-order valence-electron chi connectivity index (χ4n) is 1.47. The molecular weight excluding hydrogens is 293 g/mol. The molecule has 7 heteroatoms. The molecule has 20 heavy (non-hydrogen) atoms. The normalized spacial score (nSPS) is 12.2. The van der Waals surface area contributed by atoms with Gasteiger partial charge in [0.1, 0.15) is 0 Å². The molecule has 112 valence electrons. The lowest BCUT2D eigenvalue weighted by atomic mass is 10.1. The summed E-state index contributed by atoms with van der Waals surface area (Å²) in [7, 11) is 0. The molecule has 2 N–H and O–H groups in total. The van der Waals surface area contributed by atoms with Gasteiger partial charge in [-0.1, -0.05) is 17.7 Å². The summed E-state index contributed by atoms with van der Waals surface area (Å²) in [5.41, 5.74) is -0.998. The van der Waals surface area contributed by atoms with E-state index in [1.807, 2.05) is 0 Å². The Morgan fingerprint density at radius 2 is 1.85 bits per heavy atom. The highest BCUT2D eigenvalue weighted by Gasteiger charge is 2.33. The van der Waals surface area contributed by atoms with Crippen LogP contribution in [-0.2, 0) is 12.7 Å². The third kappa shape index (κ3) is 5.28. The van der Waals surface area contributed by atoms with Crippen LogP contribution in [-0.4, -0.2) is 11.6 Å². The number of rotatable bonds is 2. The zero-order valence-electron chi connectivity index (χ0n) is 11.4. The Morgan fingerprint density at radius 1 is 1.25 bits per heavy atom. The van der Waals surface area contributed by atoms with Crippen molar-refractivity contribution < 1.29 is 18.0 Å². The summed E-state index contributed by atoms with van der Waals surface area (Å²) in [6.07, 6.45) is -4.51. The molecule has 2 amide bonds. The molecule has 0 atom stereocenters. The van der Waals surface area contributed by atoms with E-state index in [1.165, 1.54) is 12.1 Å². The monoisotopic (exact) mass is 308 g/mol. The van der Waals surface area contributed by atoms with E-state index in [2.05, 4.69) is 10.6 Å². The van der Waals surface area contributed by atoms with Crippen LogP contribution in [0.15, 0.2) is 18.2 Å². The lowest BCUT2D eigenvalue weighted by molar-refractivity contribution is -0.137. The summed E-state index contributed by atoms with van der Waals surface area (Å²) in [6.45, 7) is 5.39. The highest BCUT2D eigenvalue weighted by Crippen LogP contribution is 2.35. The molecule has 0 aliphatic carbocycles. The van der Waals surface area contributed by atoms with E-state index < -0.39 is 23.3 Å². The number of urea groups is 1. The molecule has 0 fully saturated rings. The summed E-state index contributed by atoms with van der Waals surface area (Å²) in [6, 6.07) is 3.10. The van der Waals surface area contributed by atoms with E-state index in [0.29, 0.717) is 5.56 Å². The first-order valence-corrected chi connectivity index (χ1v) is 6.28. The average Bonchev–Trinajstić information content (AvgIpc) is 2.24. The molecular formula is C13H16ClF3N2O. The van der Waals surface area contributed by atoms with Crippen LogP contribution in [0.1, 0.15) is 31.9 Å². The van der Waals surface area contributed by atoms with Crippen molar-refractivity contribution >= 4 is 17.6 Å². The van der Waals surface area contributed by atoms with Gasteiger partial charge < -0.3 is 10.6 Å². The smallest absolute Gasteiger partial charge is 0.334 e. The van der Waals surface area contributed by atoms with E-state index >= 15 is 0 Å². The highest BCUT2D eigenvalue weighted by molar-refractivity contribution is 6.31. The predicted octanol–water partition coefficient (Wildman–Crippen LogP) is 3.96. The van der Waals surface area contributed by atoms with Gasteiger partial charge in [-0.15, -0.1) is 0 Å². The Labute approximate surface area is 120 Å². The first-order valence-electron chi connectivity index (χ1n) is 5.91. The minimum absolute atomic E-state index is 0.0117. The molecule has 0 saturated carbocycles. The van der Waals surface area contributed by atoms with Crippen LogP contribution in [0, 0.1) is 0 Å². The zero-order chi connectivity index (χ0) is 15.6. The van der Waals surface area contributed by atoms with Gasteiger partial charge in [0.2, 0.25) is 0 Å². The Morgan fingerprint density at radius 3 is 2.35 bits per heavy atom. The molecule has 0 aliphatic rings. The molecule has 1 rings (SSSR count). The van der Waals surface area contributed by atoms with Crippen molar-refractivity contribution in [2.75, 3.05) is 0 Å². The number of halogens is 4. The average molecular weight is 309 g/mol. The summed E-state index contributed by atoms with van der Waals surface area (Å²) >= 11 is 5.51. The predicted molar refractivity (Wildman–Crippen MR) is 71.6 cm³/mol. The van der Waals surface area contributed by atoms with Gasteiger partial charge in [0.05, 0.1) is 10.6 Å². The van der Waals surface area contributed by atoms with Gasteiger partial charge in [-0.25, -0.2) is 4.79 Å². The molecule has 0 aliphatic heterocycles. The molecule has 0 unspecified atom stereocenters.